The number of pyridine rings is 1. The average Bonchev–Trinajstić information content (AvgIpc) is 2.41. The summed E-state index contributed by atoms with van der Waals surface area (Å²) in [5.41, 5.74) is 2.14. The Morgan fingerprint density at radius 3 is 2.65 bits per heavy atom. The van der Waals surface area contributed by atoms with Crippen molar-refractivity contribution in [1.29, 1.82) is 0 Å². The third kappa shape index (κ3) is 3.34. The molecule has 1 fully saturated rings. The van der Waals surface area contributed by atoms with Gasteiger partial charge < -0.3 is 15.2 Å². The van der Waals surface area contributed by atoms with E-state index in [9.17, 15) is 8.78 Å². The topological polar surface area (TPSA) is 57.4 Å². The minimum Gasteiger partial charge on any atom is -0.357 e. The summed E-state index contributed by atoms with van der Waals surface area (Å²) in [5.74, 6) is 4.19. The van der Waals surface area contributed by atoms with Crippen LogP contribution in [-0.2, 0) is 0 Å². The zero-order valence-corrected chi connectivity index (χ0v) is 11.9. The molecule has 1 saturated heterocycles. The SMILES string of the molecule is CN1CCC(CN(C)c2nc(NN)c(F)cc2F)CC1. The Morgan fingerprint density at radius 2 is 2.05 bits per heavy atom. The second kappa shape index (κ2) is 6.32. The average molecular weight is 285 g/mol. The van der Waals surface area contributed by atoms with Crippen molar-refractivity contribution in [3.8, 4) is 0 Å². The van der Waals surface area contributed by atoms with E-state index >= 15 is 0 Å². The van der Waals surface area contributed by atoms with Gasteiger partial charge in [0.05, 0.1) is 0 Å². The number of piperidine rings is 1. The Morgan fingerprint density at radius 1 is 1.40 bits per heavy atom. The molecule has 0 aromatic carbocycles. The summed E-state index contributed by atoms with van der Waals surface area (Å²) < 4.78 is 27.1. The van der Waals surface area contributed by atoms with Crippen LogP contribution in [0.4, 0.5) is 20.4 Å². The van der Waals surface area contributed by atoms with E-state index in [0.717, 1.165) is 32.0 Å². The van der Waals surface area contributed by atoms with Crippen molar-refractivity contribution in [2.24, 2.45) is 11.8 Å². The molecule has 3 N–H and O–H groups in total. The van der Waals surface area contributed by atoms with Crippen LogP contribution in [0.5, 0.6) is 0 Å². The molecule has 1 aliphatic rings. The number of likely N-dealkylation sites (tertiary alicyclic amines) is 1. The molecule has 5 nitrogen and oxygen atoms in total. The maximum atomic E-state index is 13.8. The number of hydrazine groups is 1. The van der Waals surface area contributed by atoms with Gasteiger partial charge in [0.2, 0.25) is 0 Å². The standard InChI is InChI=1S/C13H21F2N5/c1-19-5-3-9(4-6-19)8-20(2)13-11(15)7-10(14)12(17-13)18-16/h7,9H,3-6,8,16H2,1-2H3,(H,17,18). The lowest BCUT2D eigenvalue weighted by Crippen LogP contribution is -2.36. The van der Waals surface area contributed by atoms with Gasteiger partial charge in [-0.25, -0.2) is 19.6 Å². The lowest BCUT2D eigenvalue weighted by Gasteiger charge is -2.32. The van der Waals surface area contributed by atoms with Gasteiger partial charge >= 0.3 is 0 Å². The fourth-order valence-corrected chi connectivity index (χ4v) is 2.54. The molecular formula is C13H21F2N5. The highest BCUT2D eigenvalue weighted by molar-refractivity contribution is 5.48. The van der Waals surface area contributed by atoms with Gasteiger partial charge in [-0.2, -0.15) is 0 Å². The van der Waals surface area contributed by atoms with Gasteiger partial charge in [-0.05, 0) is 38.9 Å². The van der Waals surface area contributed by atoms with Crippen molar-refractivity contribution in [3.63, 3.8) is 0 Å². The predicted octanol–water partition coefficient (Wildman–Crippen LogP) is 1.42. The summed E-state index contributed by atoms with van der Waals surface area (Å²) in [5, 5.41) is 0. The Balaban J connectivity index is 2.07. The number of hydrogen-bond acceptors (Lipinski definition) is 5. The predicted molar refractivity (Wildman–Crippen MR) is 75.5 cm³/mol. The summed E-state index contributed by atoms with van der Waals surface area (Å²) >= 11 is 0. The van der Waals surface area contributed by atoms with Gasteiger partial charge in [-0.15, -0.1) is 0 Å². The maximum Gasteiger partial charge on any atom is 0.178 e. The van der Waals surface area contributed by atoms with Crippen molar-refractivity contribution in [1.82, 2.24) is 9.88 Å². The first-order valence-electron chi connectivity index (χ1n) is 6.73. The fourth-order valence-electron chi connectivity index (χ4n) is 2.54. The van der Waals surface area contributed by atoms with Crippen LogP contribution in [0, 0.1) is 17.6 Å². The van der Waals surface area contributed by atoms with E-state index in [0.29, 0.717) is 12.5 Å². The zero-order valence-electron chi connectivity index (χ0n) is 11.9. The van der Waals surface area contributed by atoms with E-state index in [4.69, 9.17) is 5.84 Å². The van der Waals surface area contributed by atoms with E-state index in [1.165, 1.54) is 0 Å². The van der Waals surface area contributed by atoms with Crippen LogP contribution in [-0.4, -0.2) is 43.6 Å². The Kier molecular flexibility index (Phi) is 4.72. The highest BCUT2D eigenvalue weighted by atomic mass is 19.1. The number of nitrogens with two attached hydrogens (primary N) is 1. The molecule has 0 unspecified atom stereocenters. The number of anilines is 2. The van der Waals surface area contributed by atoms with Gasteiger partial charge in [0.25, 0.3) is 0 Å². The molecule has 0 radical (unpaired) electrons. The van der Waals surface area contributed by atoms with Crippen LogP contribution >= 0.6 is 0 Å². The fraction of sp³-hybridized carbons (Fsp3) is 0.615. The van der Waals surface area contributed by atoms with Crippen LogP contribution in [0.2, 0.25) is 0 Å². The molecule has 20 heavy (non-hydrogen) atoms. The Hall–Kier alpha value is -1.47. The van der Waals surface area contributed by atoms with Crippen LogP contribution < -0.4 is 16.2 Å². The Bertz CT molecular complexity index is 460. The Labute approximate surface area is 117 Å². The molecule has 0 saturated carbocycles. The molecule has 1 aromatic rings. The number of rotatable bonds is 4. The summed E-state index contributed by atoms with van der Waals surface area (Å²) in [6, 6.07) is 0.808. The van der Waals surface area contributed by atoms with Crippen molar-refractivity contribution >= 4 is 11.6 Å². The molecule has 1 aliphatic heterocycles. The number of halogens is 2. The van der Waals surface area contributed by atoms with E-state index in [-0.39, 0.29) is 11.6 Å². The summed E-state index contributed by atoms with van der Waals surface area (Å²) in [4.78, 5) is 7.91. The van der Waals surface area contributed by atoms with Crippen molar-refractivity contribution < 1.29 is 8.78 Å². The summed E-state index contributed by atoms with van der Waals surface area (Å²) in [6.07, 6.45) is 2.15. The van der Waals surface area contributed by atoms with Crippen molar-refractivity contribution in [3.05, 3.63) is 17.7 Å². The normalized spacial score (nSPS) is 17.2. The van der Waals surface area contributed by atoms with Gasteiger partial charge in [0, 0.05) is 19.7 Å². The lowest BCUT2D eigenvalue weighted by atomic mass is 9.97. The lowest BCUT2D eigenvalue weighted by molar-refractivity contribution is 0.222. The van der Waals surface area contributed by atoms with E-state index < -0.39 is 11.6 Å². The number of nitrogens with one attached hydrogen (secondary N) is 1. The first-order chi connectivity index (χ1) is 9.51. The third-order valence-electron chi connectivity index (χ3n) is 3.78. The molecule has 112 valence electrons. The zero-order chi connectivity index (χ0) is 14.7. The molecule has 0 atom stereocenters. The van der Waals surface area contributed by atoms with Gasteiger partial charge in [-0.3, -0.25) is 0 Å². The quantitative estimate of drug-likeness (QED) is 0.647. The minimum atomic E-state index is -0.790. The smallest absolute Gasteiger partial charge is 0.178 e. The number of nitrogen functional groups attached to an aromatic ring is 1. The molecular weight excluding hydrogens is 264 g/mol. The van der Waals surface area contributed by atoms with E-state index in [1.54, 1.807) is 11.9 Å². The number of aromatic nitrogens is 1. The van der Waals surface area contributed by atoms with E-state index in [2.05, 4.69) is 22.4 Å². The van der Waals surface area contributed by atoms with Gasteiger partial charge in [-0.1, -0.05) is 0 Å². The second-order valence-electron chi connectivity index (χ2n) is 5.40. The van der Waals surface area contributed by atoms with Gasteiger partial charge in [0.1, 0.15) is 0 Å². The molecule has 7 heteroatoms. The molecule has 1 aromatic heterocycles. The van der Waals surface area contributed by atoms with Crippen LogP contribution in [0.3, 0.4) is 0 Å². The molecule has 0 bridgehead atoms. The molecule has 2 heterocycles. The first-order valence-corrected chi connectivity index (χ1v) is 6.73. The van der Waals surface area contributed by atoms with Crippen molar-refractivity contribution in [2.75, 3.05) is 44.1 Å². The minimum absolute atomic E-state index is 0.123. The summed E-state index contributed by atoms with van der Waals surface area (Å²) in [7, 11) is 3.86. The molecule has 2 rings (SSSR count). The summed E-state index contributed by atoms with van der Waals surface area (Å²) in [6.45, 7) is 2.80. The highest BCUT2D eigenvalue weighted by Gasteiger charge is 2.21. The molecule has 0 amide bonds. The number of hydrogen-bond donors (Lipinski definition) is 2. The monoisotopic (exact) mass is 285 g/mol. The van der Waals surface area contributed by atoms with Crippen LogP contribution in [0.1, 0.15) is 12.8 Å². The van der Waals surface area contributed by atoms with Crippen LogP contribution in [0.25, 0.3) is 0 Å². The van der Waals surface area contributed by atoms with Gasteiger partial charge in [0.15, 0.2) is 23.3 Å². The molecule has 0 aliphatic carbocycles. The number of nitrogens with zero attached hydrogens (tertiary/aromatic N) is 3. The molecule has 0 spiro atoms. The third-order valence-corrected chi connectivity index (χ3v) is 3.78. The van der Waals surface area contributed by atoms with E-state index in [1.807, 2.05) is 0 Å². The van der Waals surface area contributed by atoms with Crippen LogP contribution in [0.15, 0.2) is 6.07 Å². The van der Waals surface area contributed by atoms with Crippen molar-refractivity contribution in [2.45, 2.75) is 12.8 Å². The second-order valence-corrected chi connectivity index (χ2v) is 5.40. The maximum absolute atomic E-state index is 13.8. The largest absolute Gasteiger partial charge is 0.357 e. The first kappa shape index (κ1) is 14.9. The highest BCUT2D eigenvalue weighted by Crippen LogP contribution is 2.24.